The molecule has 1 rings (SSSR count). The van der Waals surface area contributed by atoms with Gasteiger partial charge in [-0.1, -0.05) is 0 Å². The van der Waals surface area contributed by atoms with Crippen LogP contribution in [0.1, 0.15) is 10.6 Å². The highest BCUT2D eigenvalue weighted by atomic mass is 35.5. The van der Waals surface area contributed by atoms with Crippen molar-refractivity contribution in [1.29, 1.82) is 0 Å². The summed E-state index contributed by atoms with van der Waals surface area (Å²) >= 11 is 5.47. The average molecular weight is 248 g/mol. The molecule has 6 nitrogen and oxygen atoms in total. The normalized spacial score (nSPS) is 11.9. The molecular formula is C9H10ClNO5. The summed E-state index contributed by atoms with van der Waals surface area (Å²) < 4.78 is 9.09. The first-order valence-corrected chi connectivity index (χ1v) is 4.72. The highest BCUT2D eigenvalue weighted by Crippen LogP contribution is 2.12. The number of carbonyl (C=O) groups is 2. The number of rotatable bonds is 4. The lowest BCUT2D eigenvalue weighted by Gasteiger charge is -2.08. The molecule has 1 heterocycles. The summed E-state index contributed by atoms with van der Waals surface area (Å²) in [6.07, 6.45) is -1.40. The second kappa shape index (κ2) is 5.53. The number of methoxy groups -OCH3 is 1. The molecule has 0 bridgehead atoms. The summed E-state index contributed by atoms with van der Waals surface area (Å²) in [6.45, 7) is -0.260. The second-order valence-electron chi connectivity index (χ2n) is 2.85. The lowest BCUT2D eigenvalue weighted by atomic mass is 10.3. The van der Waals surface area contributed by atoms with Crippen LogP contribution in [0.4, 0.5) is 0 Å². The van der Waals surface area contributed by atoms with Crippen LogP contribution < -0.4 is 5.32 Å². The van der Waals surface area contributed by atoms with Gasteiger partial charge in [-0.05, 0) is 23.7 Å². The van der Waals surface area contributed by atoms with Gasteiger partial charge in [0.25, 0.3) is 5.91 Å². The van der Waals surface area contributed by atoms with Crippen LogP contribution in [-0.2, 0) is 9.53 Å². The van der Waals surface area contributed by atoms with Crippen LogP contribution in [-0.4, -0.2) is 36.7 Å². The van der Waals surface area contributed by atoms with Gasteiger partial charge in [0.05, 0.1) is 13.7 Å². The highest BCUT2D eigenvalue weighted by Gasteiger charge is 2.17. The molecule has 88 valence electrons. The van der Waals surface area contributed by atoms with Crippen LogP contribution in [0.25, 0.3) is 0 Å². The zero-order valence-electron chi connectivity index (χ0n) is 8.40. The summed E-state index contributed by atoms with van der Waals surface area (Å²) in [7, 11) is 1.14. The van der Waals surface area contributed by atoms with E-state index in [2.05, 4.69) is 10.1 Å². The van der Waals surface area contributed by atoms with Gasteiger partial charge in [-0.2, -0.15) is 0 Å². The monoisotopic (exact) mass is 247 g/mol. The molecule has 1 aromatic heterocycles. The van der Waals surface area contributed by atoms with Crippen molar-refractivity contribution in [2.75, 3.05) is 13.7 Å². The van der Waals surface area contributed by atoms with Gasteiger partial charge in [-0.25, -0.2) is 4.79 Å². The number of aliphatic hydroxyl groups is 1. The van der Waals surface area contributed by atoms with E-state index < -0.39 is 18.0 Å². The van der Waals surface area contributed by atoms with Crippen molar-refractivity contribution in [2.45, 2.75) is 6.10 Å². The molecule has 2 N–H and O–H groups in total. The Morgan fingerprint density at radius 3 is 2.81 bits per heavy atom. The van der Waals surface area contributed by atoms with Crippen molar-refractivity contribution in [3.8, 4) is 0 Å². The number of furan rings is 1. The van der Waals surface area contributed by atoms with Gasteiger partial charge in [-0.3, -0.25) is 4.79 Å². The Labute approximate surface area is 96.1 Å². The molecule has 1 atom stereocenters. The van der Waals surface area contributed by atoms with Gasteiger partial charge < -0.3 is 19.6 Å². The Hall–Kier alpha value is -1.53. The van der Waals surface area contributed by atoms with E-state index in [1.165, 1.54) is 12.1 Å². The van der Waals surface area contributed by atoms with Crippen LogP contribution in [0.2, 0.25) is 5.22 Å². The fourth-order valence-electron chi connectivity index (χ4n) is 0.932. The van der Waals surface area contributed by atoms with Crippen LogP contribution in [0.5, 0.6) is 0 Å². The molecule has 16 heavy (non-hydrogen) atoms. The lowest BCUT2D eigenvalue weighted by molar-refractivity contribution is -0.149. The molecule has 0 saturated heterocycles. The summed E-state index contributed by atoms with van der Waals surface area (Å²) in [4.78, 5) is 22.1. The zero-order valence-corrected chi connectivity index (χ0v) is 9.15. The van der Waals surface area contributed by atoms with Crippen LogP contribution in [0, 0.1) is 0 Å². The van der Waals surface area contributed by atoms with E-state index in [1.807, 2.05) is 0 Å². The van der Waals surface area contributed by atoms with E-state index in [1.54, 1.807) is 0 Å². The van der Waals surface area contributed by atoms with E-state index in [0.29, 0.717) is 0 Å². The Kier molecular flexibility index (Phi) is 4.33. The molecule has 1 unspecified atom stereocenters. The highest BCUT2D eigenvalue weighted by molar-refractivity contribution is 6.29. The third kappa shape index (κ3) is 3.25. The molecule has 0 fully saturated rings. The first-order valence-electron chi connectivity index (χ1n) is 4.34. The molecule has 0 spiro atoms. The minimum Gasteiger partial charge on any atom is -0.467 e. The second-order valence-corrected chi connectivity index (χ2v) is 3.23. The van der Waals surface area contributed by atoms with Crippen molar-refractivity contribution in [3.63, 3.8) is 0 Å². The molecule has 0 aliphatic carbocycles. The van der Waals surface area contributed by atoms with Gasteiger partial charge in [0, 0.05) is 0 Å². The summed E-state index contributed by atoms with van der Waals surface area (Å²) in [5, 5.41) is 11.5. The SMILES string of the molecule is COC(=O)C(O)CNC(=O)c1ccc(Cl)o1. The molecule has 1 aromatic rings. The number of esters is 1. The van der Waals surface area contributed by atoms with E-state index in [-0.39, 0.29) is 17.5 Å². The Morgan fingerprint density at radius 1 is 1.62 bits per heavy atom. The minimum absolute atomic E-state index is 0.00191. The van der Waals surface area contributed by atoms with E-state index in [9.17, 15) is 14.7 Å². The quantitative estimate of drug-likeness (QED) is 0.742. The van der Waals surface area contributed by atoms with Crippen LogP contribution in [0.15, 0.2) is 16.5 Å². The topological polar surface area (TPSA) is 88.8 Å². The number of hydrogen-bond donors (Lipinski definition) is 2. The number of nitrogens with one attached hydrogen (secondary N) is 1. The fourth-order valence-corrected chi connectivity index (χ4v) is 1.08. The first kappa shape index (κ1) is 12.5. The van der Waals surface area contributed by atoms with Crippen molar-refractivity contribution in [1.82, 2.24) is 5.32 Å². The van der Waals surface area contributed by atoms with Crippen molar-refractivity contribution in [3.05, 3.63) is 23.1 Å². The Morgan fingerprint density at radius 2 is 2.31 bits per heavy atom. The molecule has 7 heteroatoms. The van der Waals surface area contributed by atoms with Crippen LogP contribution in [0.3, 0.4) is 0 Å². The largest absolute Gasteiger partial charge is 0.467 e. The molecule has 0 saturated carbocycles. The number of carbonyl (C=O) groups excluding carboxylic acids is 2. The Balaban J connectivity index is 2.44. The fraction of sp³-hybridized carbons (Fsp3) is 0.333. The van der Waals surface area contributed by atoms with Crippen molar-refractivity contribution < 1.29 is 23.8 Å². The smallest absolute Gasteiger partial charge is 0.336 e. The summed E-state index contributed by atoms with van der Waals surface area (Å²) in [5.41, 5.74) is 0. The number of halogens is 1. The molecule has 0 aliphatic rings. The molecule has 1 amide bonds. The summed E-state index contributed by atoms with van der Waals surface area (Å²) in [6, 6.07) is 2.79. The molecule has 0 radical (unpaired) electrons. The maximum absolute atomic E-state index is 11.3. The lowest BCUT2D eigenvalue weighted by Crippen LogP contribution is -2.37. The zero-order chi connectivity index (χ0) is 12.1. The predicted octanol–water partition coefficient (Wildman–Crippen LogP) is 0.197. The average Bonchev–Trinajstić information content (AvgIpc) is 2.71. The standard InChI is InChI=1S/C9H10ClNO5/c1-15-9(14)5(12)4-11-8(13)6-2-3-7(10)16-6/h2-3,5,12H,4H2,1H3,(H,11,13). The third-order valence-electron chi connectivity index (χ3n) is 1.73. The van der Waals surface area contributed by atoms with Gasteiger partial charge in [0.1, 0.15) is 0 Å². The maximum atomic E-state index is 11.3. The number of ether oxygens (including phenoxy) is 1. The van der Waals surface area contributed by atoms with Gasteiger partial charge in [0.2, 0.25) is 0 Å². The van der Waals surface area contributed by atoms with Crippen LogP contribution >= 0.6 is 11.6 Å². The number of aliphatic hydroxyl groups excluding tert-OH is 1. The van der Waals surface area contributed by atoms with Gasteiger partial charge in [0.15, 0.2) is 17.1 Å². The van der Waals surface area contributed by atoms with Gasteiger partial charge in [-0.15, -0.1) is 0 Å². The number of hydrogen-bond acceptors (Lipinski definition) is 5. The maximum Gasteiger partial charge on any atom is 0.336 e. The minimum atomic E-state index is -1.40. The summed E-state index contributed by atoms with van der Waals surface area (Å²) in [5.74, 6) is -1.39. The molecule has 0 aliphatic heterocycles. The van der Waals surface area contributed by atoms with Crippen molar-refractivity contribution in [2.24, 2.45) is 0 Å². The van der Waals surface area contributed by atoms with E-state index >= 15 is 0 Å². The van der Waals surface area contributed by atoms with Gasteiger partial charge >= 0.3 is 5.97 Å². The predicted molar refractivity (Wildman–Crippen MR) is 54.1 cm³/mol. The first-order chi connectivity index (χ1) is 7.54. The number of amides is 1. The van der Waals surface area contributed by atoms with E-state index in [4.69, 9.17) is 16.0 Å². The van der Waals surface area contributed by atoms with Crippen molar-refractivity contribution >= 4 is 23.5 Å². The molecular weight excluding hydrogens is 238 g/mol. The third-order valence-corrected chi connectivity index (χ3v) is 1.93. The van der Waals surface area contributed by atoms with E-state index in [0.717, 1.165) is 7.11 Å². The molecule has 0 aromatic carbocycles. The Bertz CT molecular complexity index is 389.